The summed E-state index contributed by atoms with van der Waals surface area (Å²) in [6.07, 6.45) is 2.83. The summed E-state index contributed by atoms with van der Waals surface area (Å²) in [5, 5.41) is 6.29. The number of thioether (sulfide) groups is 1. The number of carbonyl (C=O) groups is 1. The van der Waals surface area contributed by atoms with E-state index in [0.29, 0.717) is 12.5 Å². The molecule has 2 N–H and O–H groups in total. The van der Waals surface area contributed by atoms with Gasteiger partial charge in [0.25, 0.3) is 0 Å². The molecule has 0 aliphatic carbocycles. The Hall–Kier alpha value is -1.07. The van der Waals surface area contributed by atoms with Gasteiger partial charge in [-0.1, -0.05) is 0 Å². The Morgan fingerprint density at radius 1 is 1.42 bits per heavy atom. The first kappa shape index (κ1) is 14.3. The van der Waals surface area contributed by atoms with Crippen molar-refractivity contribution in [1.82, 2.24) is 10.6 Å². The fourth-order valence-electron chi connectivity index (χ4n) is 2.05. The van der Waals surface area contributed by atoms with Crippen LogP contribution in [0, 0.1) is 5.82 Å². The molecule has 0 saturated carbocycles. The lowest BCUT2D eigenvalue weighted by Gasteiger charge is -2.11. The lowest BCUT2D eigenvalue weighted by atomic mass is 10.2. The molecule has 0 spiro atoms. The predicted octanol–water partition coefficient (Wildman–Crippen LogP) is 2.18. The van der Waals surface area contributed by atoms with Gasteiger partial charge in [0.1, 0.15) is 5.82 Å². The molecule has 1 aromatic carbocycles. The van der Waals surface area contributed by atoms with Crippen molar-refractivity contribution in [1.29, 1.82) is 0 Å². The zero-order valence-corrected chi connectivity index (χ0v) is 11.6. The summed E-state index contributed by atoms with van der Waals surface area (Å²) in [6.45, 7) is 1.78. The van der Waals surface area contributed by atoms with Gasteiger partial charge in [-0.3, -0.25) is 4.79 Å². The van der Waals surface area contributed by atoms with E-state index >= 15 is 0 Å². The molecule has 1 aliphatic heterocycles. The molecule has 104 valence electrons. The van der Waals surface area contributed by atoms with E-state index in [1.54, 1.807) is 23.9 Å². The number of rotatable bonds is 6. The summed E-state index contributed by atoms with van der Waals surface area (Å²) >= 11 is 1.57. The van der Waals surface area contributed by atoms with Gasteiger partial charge in [0.15, 0.2) is 0 Å². The van der Waals surface area contributed by atoms with E-state index in [9.17, 15) is 9.18 Å². The molecule has 1 fully saturated rings. The van der Waals surface area contributed by atoms with Crippen LogP contribution in [-0.2, 0) is 4.79 Å². The van der Waals surface area contributed by atoms with Gasteiger partial charge in [0.2, 0.25) is 5.91 Å². The van der Waals surface area contributed by atoms with Crippen LogP contribution in [0.25, 0.3) is 0 Å². The number of hydrogen-bond acceptors (Lipinski definition) is 3. The minimum absolute atomic E-state index is 0.0864. The van der Waals surface area contributed by atoms with Gasteiger partial charge in [-0.25, -0.2) is 4.39 Å². The van der Waals surface area contributed by atoms with Crippen LogP contribution < -0.4 is 10.6 Å². The molecule has 1 heterocycles. The van der Waals surface area contributed by atoms with E-state index in [4.69, 9.17) is 0 Å². The van der Waals surface area contributed by atoms with Gasteiger partial charge in [0, 0.05) is 29.7 Å². The SMILES string of the molecule is O=C(CCSc1ccc(F)cc1)NCC1CCCN1. The van der Waals surface area contributed by atoms with Crippen LogP contribution in [0.15, 0.2) is 29.2 Å². The van der Waals surface area contributed by atoms with E-state index in [1.807, 2.05) is 0 Å². The summed E-state index contributed by atoms with van der Waals surface area (Å²) in [5.41, 5.74) is 0. The molecule has 1 aromatic rings. The number of carbonyl (C=O) groups excluding carboxylic acids is 1. The quantitative estimate of drug-likeness (QED) is 0.786. The lowest BCUT2D eigenvalue weighted by molar-refractivity contribution is -0.120. The summed E-state index contributed by atoms with van der Waals surface area (Å²) in [7, 11) is 0. The van der Waals surface area contributed by atoms with Crippen LogP contribution in [0.3, 0.4) is 0 Å². The molecule has 1 aliphatic rings. The van der Waals surface area contributed by atoms with E-state index < -0.39 is 0 Å². The smallest absolute Gasteiger partial charge is 0.220 e. The molecular weight excluding hydrogens is 263 g/mol. The van der Waals surface area contributed by atoms with Gasteiger partial charge in [0.05, 0.1) is 0 Å². The zero-order valence-electron chi connectivity index (χ0n) is 10.8. The molecular formula is C14H19FN2OS. The maximum Gasteiger partial charge on any atom is 0.220 e. The van der Waals surface area contributed by atoms with Crippen LogP contribution in [-0.4, -0.2) is 30.8 Å². The Balaban J connectivity index is 1.59. The zero-order chi connectivity index (χ0) is 13.5. The van der Waals surface area contributed by atoms with Gasteiger partial charge in [-0.05, 0) is 43.7 Å². The molecule has 19 heavy (non-hydrogen) atoms. The Labute approximate surface area is 117 Å². The standard InChI is InChI=1S/C14H19FN2OS/c15-11-3-5-13(6-4-11)19-9-7-14(18)17-10-12-2-1-8-16-12/h3-6,12,16H,1-2,7-10H2,(H,17,18). The second kappa shape index (κ2) is 7.50. The molecule has 1 amide bonds. The number of nitrogens with one attached hydrogen (secondary N) is 2. The highest BCUT2D eigenvalue weighted by atomic mass is 32.2. The van der Waals surface area contributed by atoms with Crippen molar-refractivity contribution in [2.24, 2.45) is 0 Å². The fraction of sp³-hybridized carbons (Fsp3) is 0.500. The molecule has 2 rings (SSSR count). The number of hydrogen-bond donors (Lipinski definition) is 2. The van der Waals surface area contributed by atoms with Crippen molar-refractivity contribution in [3.8, 4) is 0 Å². The Morgan fingerprint density at radius 2 is 2.21 bits per heavy atom. The first-order valence-electron chi connectivity index (χ1n) is 6.62. The maximum absolute atomic E-state index is 12.7. The number of benzene rings is 1. The van der Waals surface area contributed by atoms with Crippen molar-refractivity contribution in [2.45, 2.75) is 30.2 Å². The predicted molar refractivity (Wildman–Crippen MR) is 75.8 cm³/mol. The van der Waals surface area contributed by atoms with Crippen LogP contribution in [0.5, 0.6) is 0 Å². The van der Waals surface area contributed by atoms with Gasteiger partial charge in [-0.2, -0.15) is 0 Å². The van der Waals surface area contributed by atoms with E-state index in [2.05, 4.69) is 10.6 Å². The molecule has 0 radical (unpaired) electrons. The van der Waals surface area contributed by atoms with Crippen molar-refractivity contribution < 1.29 is 9.18 Å². The van der Waals surface area contributed by atoms with E-state index in [-0.39, 0.29) is 11.7 Å². The Morgan fingerprint density at radius 3 is 2.89 bits per heavy atom. The molecule has 1 saturated heterocycles. The van der Waals surface area contributed by atoms with Crippen LogP contribution in [0.1, 0.15) is 19.3 Å². The Bertz CT molecular complexity index is 404. The number of amides is 1. The molecule has 1 unspecified atom stereocenters. The normalized spacial score (nSPS) is 18.5. The van der Waals surface area contributed by atoms with Crippen LogP contribution in [0.2, 0.25) is 0 Å². The highest BCUT2D eigenvalue weighted by Gasteiger charge is 2.14. The molecule has 0 bridgehead atoms. The summed E-state index contributed by atoms with van der Waals surface area (Å²) in [4.78, 5) is 12.6. The maximum atomic E-state index is 12.7. The first-order chi connectivity index (χ1) is 9.24. The molecule has 5 heteroatoms. The summed E-state index contributed by atoms with van der Waals surface area (Å²) in [6, 6.07) is 6.79. The molecule has 3 nitrogen and oxygen atoms in total. The van der Waals surface area contributed by atoms with Crippen LogP contribution in [0.4, 0.5) is 4.39 Å². The summed E-state index contributed by atoms with van der Waals surface area (Å²) < 4.78 is 12.7. The van der Waals surface area contributed by atoms with Gasteiger partial charge in [-0.15, -0.1) is 11.8 Å². The first-order valence-corrected chi connectivity index (χ1v) is 7.61. The third-order valence-electron chi connectivity index (χ3n) is 3.12. The molecule has 1 atom stereocenters. The third-order valence-corrected chi connectivity index (χ3v) is 4.13. The van der Waals surface area contributed by atoms with Gasteiger partial charge < -0.3 is 10.6 Å². The largest absolute Gasteiger partial charge is 0.355 e. The topological polar surface area (TPSA) is 41.1 Å². The fourth-order valence-corrected chi connectivity index (χ4v) is 2.90. The van der Waals surface area contributed by atoms with Crippen molar-refractivity contribution >= 4 is 17.7 Å². The van der Waals surface area contributed by atoms with E-state index in [0.717, 1.165) is 30.2 Å². The summed E-state index contributed by atoms with van der Waals surface area (Å²) in [5.74, 6) is 0.574. The average molecular weight is 282 g/mol. The Kier molecular flexibility index (Phi) is 5.66. The van der Waals surface area contributed by atoms with Gasteiger partial charge >= 0.3 is 0 Å². The monoisotopic (exact) mass is 282 g/mol. The van der Waals surface area contributed by atoms with E-state index in [1.165, 1.54) is 18.6 Å². The minimum atomic E-state index is -0.230. The third kappa shape index (κ3) is 5.20. The minimum Gasteiger partial charge on any atom is -0.355 e. The molecule has 0 aromatic heterocycles. The second-order valence-electron chi connectivity index (χ2n) is 4.65. The lowest BCUT2D eigenvalue weighted by Crippen LogP contribution is -2.37. The highest BCUT2D eigenvalue weighted by molar-refractivity contribution is 7.99. The van der Waals surface area contributed by atoms with Crippen LogP contribution >= 0.6 is 11.8 Å². The van der Waals surface area contributed by atoms with Crippen molar-refractivity contribution in [2.75, 3.05) is 18.8 Å². The highest BCUT2D eigenvalue weighted by Crippen LogP contribution is 2.18. The second-order valence-corrected chi connectivity index (χ2v) is 5.82. The average Bonchev–Trinajstić information content (AvgIpc) is 2.92. The van der Waals surface area contributed by atoms with Crippen molar-refractivity contribution in [3.05, 3.63) is 30.1 Å². The number of halogens is 1. The van der Waals surface area contributed by atoms with Crippen molar-refractivity contribution in [3.63, 3.8) is 0 Å².